The highest BCUT2D eigenvalue weighted by atomic mass is 32.2. The maximum absolute atomic E-state index is 13.2. The van der Waals surface area contributed by atoms with E-state index < -0.39 is 22.3 Å². The number of thiophene rings is 1. The molecule has 2 aliphatic rings. The number of halogens is 3. The molecular formula is C33H42F3N9O3S2. The molecule has 1 aromatic carbocycles. The van der Waals surface area contributed by atoms with Crippen molar-refractivity contribution in [2.24, 2.45) is 0 Å². The van der Waals surface area contributed by atoms with Crippen LogP contribution in [0.25, 0.3) is 21.1 Å². The number of piperazine rings is 1. The van der Waals surface area contributed by atoms with Crippen LogP contribution in [0.5, 0.6) is 0 Å². The Morgan fingerprint density at radius 3 is 2.42 bits per heavy atom. The Labute approximate surface area is 293 Å². The summed E-state index contributed by atoms with van der Waals surface area (Å²) in [5.74, 6) is 0.729. The van der Waals surface area contributed by atoms with Crippen molar-refractivity contribution in [1.82, 2.24) is 28.6 Å². The zero-order valence-corrected chi connectivity index (χ0v) is 30.1. The number of aromatic nitrogens is 3. The van der Waals surface area contributed by atoms with Crippen molar-refractivity contribution in [3.05, 3.63) is 46.0 Å². The number of aliphatic hydroxyl groups excluding tert-OH is 1. The number of aliphatic hydroxyl groups is 1. The molecule has 17 heteroatoms. The molecular weight excluding hydrogens is 692 g/mol. The smallest absolute Gasteiger partial charge is 0.379 e. The summed E-state index contributed by atoms with van der Waals surface area (Å²) < 4.78 is 67.1. The molecule has 1 unspecified atom stereocenters. The van der Waals surface area contributed by atoms with E-state index in [0.29, 0.717) is 54.5 Å². The monoisotopic (exact) mass is 733 g/mol. The molecule has 5 heterocycles. The van der Waals surface area contributed by atoms with Gasteiger partial charge in [0.15, 0.2) is 6.10 Å². The molecule has 4 aromatic rings. The molecule has 0 spiro atoms. The third-order valence-corrected chi connectivity index (χ3v) is 12.3. The second kappa shape index (κ2) is 14.2. The van der Waals surface area contributed by atoms with Gasteiger partial charge in [0.25, 0.3) is 0 Å². The third kappa shape index (κ3) is 7.55. The average Bonchev–Trinajstić information content (AvgIpc) is 3.67. The van der Waals surface area contributed by atoms with Crippen molar-refractivity contribution in [1.29, 1.82) is 5.26 Å². The van der Waals surface area contributed by atoms with Gasteiger partial charge in [-0.25, -0.2) is 13.4 Å². The first-order chi connectivity index (χ1) is 23.7. The van der Waals surface area contributed by atoms with Crippen LogP contribution in [-0.2, 0) is 23.1 Å². The van der Waals surface area contributed by atoms with Crippen molar-refractivity contribution >= 4 is 54.2 Å². The Balaban J connectivity index is 1.11. The van der Waals surface area contributed by atoms with Gasteiger partial charge in [-0.2, -0.15) is 27.7 Å². The van der Waals surface area contributed by atoms with Gasteiger partial charge in [0.2, 0.25) is 16.0 Å². The predicted molar refractivity (Wildman–Crippen MR) is 189 cm³/mol. The van der Waals surface area contributed by atoms with E-state index in [0.717, 1.165) is 60.3 Å². The Hall–Kier alpha value is -3.53. The van der Waals surface area contributed by atoms with Crippen molar-refractivity contribution in [2.45, 2.75) is 64.1 Å². The average molecular weight is 734 g/mol. The number of anilines is 2. The number of nitriles is 1. The second-order valence-corrected chi connectivity index (χ2v) is 16.3. The number of rotatable bonds is 10. The predicted octanol–water partition coefficient (Wildman–Crippen LogP) is 4.51. The summed E-state index contributed by atoms with van der Waals surface area (Å²) >= 11 is 0.805. The van der Waals surface area contributed by atoms with E-state index in [1.54, 1.807) is 7.05 Å². The third-order valence-electron chi connectivity index (χ3n) is 9.93. The Morgan fingerprint density at radius 1 is 1.10 bits per heavy atom. The lowest BCUT2D eigenvalue weighted by molar-refractivity contribution is -0.205. The number of likely N-dealkylation sites (tertiary alicyclic amines) is 1. The van der Waals surface area contributed by atoms with Gasteiger partial charge >= 0.3 is 6.18 Å². The molecule has 0 bridgehead atoms. The first kappa shape index (κ1) is 36.3. The van der Waals surface area contributed by atoms with Gasteiger partial charge in [-0.1, -0.05) is 6.07 Å². The molecule has 2 aliphatic heterocycles. The summed E-state index contributed by atoms with van der Waals surface area (Å²) in [6.45, 7) is 9.40. The Bertz CT molecular complexity index is 2010. The summed E-state index contributed by atoms with van der Waals surface area (Å²) in [7, 11) is -1.56. The first-order valence-corrected chi connectivity index (χ1v) is 19.3. The van der Waals surface area contributed by atoms with Crippen LogP contribution in [0.4, 0.5) is 24.9 Å². The molecule has 270 valence electrons. The lowest BCUT2D eigenvalue weighted by Gasteiger charge is -2.37. The van der Waals surface area contributed by atoms with Crippen LogP contribution >= 0.6 is 11.3 Å². The summed E-state index contributed by atoms with van der Waals surface area (Å²) in [6, 6.07) is 10.0. The minimum Gasteiger partial charge on any atom is -0.379 e. The summed E-state index contributed by atoms with van der Waals surface area (Å²) in [4.78, 5) is 13.6. The van der Waals surface area contributed by atoms with Crippen LogP contribution in [0, 0.1) is 18.3 Å². The number of benzene rings is 1. The van der Waals surface area contributed by atoms with Gasteiger partial charge < -0.3 is 20.3 Å². The quantitative estimate of drug-likeness (QED) is 0.213. The van der Waals surface area contributed by atoms with Crippen LogP contribution in [0.1, 0.15) is 47.6 Å². The molecule has 2 atom stereocenters. The van der Waals surface area contributed by atoms with Crippen LogP contribution in [0.2, 0.25) is 0 Å². The van der Waals surface area contributed by atoms with E-state index in [-0.39, 0.29) is 22.9 Å². The molecule has 3 N–H and O–H groups in total. The van der Waals surface area contributed by atoms with Crippen molar-refractivity contribution in [3.63, 3.8) is 0 Å². The standard InChI is InChI=1S/C33H42F3N9O3S2/c1-20(43-11-13-44(14-12-43)50(4,47)48)18-45-24(17-37)15-25-21(2)22(5-6-27(25)45)19-42-9-7-23(8-10-42)39-30-26-16-28(29(46)33(34,35)36)49-31(26)41-32(38-3)40-30/h5-6,15-16,20,23,29,46H,7-14,18-19H2,1-4H3,(H2,38,39,40,41)/t20?,29-/m1/s1. The first-order valence-electron chi connectivity index (χ1n) is 16.6. The highest BCUT2D eigenvalue weighted by Crippen LogP contribution is 2.40. The van der Waals surface area contributed by atoms with Gasteiger partial charge in [0.1, 0.15) is 22.4 Å². The topological polar surface area (TPSA) is 143 Å². The zero-order valence-electron chi connectivity index (χ0n) is 28.5. The minimum atomic E-state index is -4.77. The van der Waals surface area contributed by atoms with Gasteiger partial charge in [-0.3, -0.25) is 9.80 Å². The zero-order chi connectivity index (χ0) is 36.0. The van der Waals surface area contributed by atoms with Gasteiger partial charge in [0.05, 0.1) is 11.6 Å². The summed E-state index contributed by atoms with van der Waals surface area (Å²) in [5.41, 5.74) is 3.91. The molecule has 3 aromatic heterocycles. The number of nitrogens with zero attached hydrogens (tertiary/aromatic N) is 7. The van der Waals surface area contributed by atoms with Gasteiger partial charge in [-0.05, 0) is 56.0 Å². The van der Waals surface area contributed by atoms with Crippen molar-refractivity contribution in [3.8, 4) is 6.07 Å². The number of aryl methyl sites for hydroxylation is 1. The number of alkyl halides is 3. The fourth-order valence-corrected chi connectivity index (χ4v) is 8.83. The number of hydrogen-bond acceptors (Lipinski definition) is 11. The molecule has 6 rings (SSSR count). The number of sulfonamides is 1. The van der Waals surface area contributed by atoms with Crippen LogP contribution < -0.4 is 10.6 Å². The number of nitrogens with one attached hydrogen (secondary N) is 2. The molecule has 50 heavy (non-hydrogen) atoms. The molecule has 2 fully saturated rings. The summed E-state index contributed by atoms with van der Waals surface area (Å²) in [5, 5.41) is 27.6. The number of piperidine rings is 1. The molecule has 2 saturated heterocycles. The highest BCUT2D eigenvalue weighted by Gasteiger charge is 2.41. The maximum atomic E-state index is 13.2. The second-order valence-electron chi connectivity index (χ2n) is 13.2. The number of hydrogen-bond donors (Lipinski definition) is 3. The number of fused-ring (bicyclic) bond motifs is 2. The summed E-state index contributed by atoms with van der Waals surface area (Å²) in [6.07, 6.45) is -4.51. The van der Waals surface area contributed by atoms with E-state index in [2.05, 4.69) is 67.0 Å². The Kier molecular flexibility index (Phi) is 10.3. The van der Waals surface area contributed by atoms with E-state index >= 15 is 0 Å². The van der Waals surface area contributed by atoms with Crippen LogP contribution in [-0.4, -0.2) is 113 Å². The molecule has 0 radical (unpaired) electrons. The lowest BCUT2D eigenvalue weighted by Crippen LogP contribution is -2.51. The van der Waals surface area contributed by atoms with E-state index in [9.17, 15) is 32.0 Å². The van der Waals surface area contributed by atoms with Gasteiger partial charge in [0, 0.05) is 87.3 Å². The normalized spacial score (nSPS) is 18.8. The van der Waals surface area contributed by atoms with Crippen molar-refractivity contribution < 1.29 is 26.7 Å². The van der Waals surface area contributed by atoms with Crippen molar-refractivity contribution in [2.75, 3.05) is 63.2 Å². The van der Waals surface area contributed by atoms with Crippen LogP contribution in [0.3, 0.4) is 0 Å². The minimum absolute atomic E-state index is 0.0529. The van der Waals surface area contributed by atoms with Gasteiger partial charge in [-0.15, -0.1) is 11.3 Å². The maximum Gasteiger partial charge on any atom is 0.419 e. The molecule has 0 saturated carbocycles. The lowest BCUT2D eigenvalue weighted by atomic mass is 10.0. The van der Waals surface area contributed by atoms with Crippen LogP contribution in [0.15, 0.2) is 24.3 Å². The fourth-order valence-electron chi connectivity index (χ4n) is 6.97. The molecule has 12 nitrogen and oxygen atoms in total. The Morgan fingerprint density at radius 2 is 1.80 bits per heavy atom. The van der Waals surface area contributed by atoms with E-state index in [1.807, 2.05) is 6.07 Å². The fraction of sp³-hybridized carbons (Fsp3) is 0.545. The molecule has 0 aliphatic carbocycles. The SMILES string of the molecule is CNc1nc(NC2CCN(Cc3ccc4c(cc(C#N)n4CC(C)N4CCN(S(C)(=O)=O)CC4)c3C)CC2)c2cc([C@@H](O)C(F)(F)F)sc2n1. The highest BCUT2D eigenvalue weighted by molar-refractivity contribution is 7.88. The van der Waals surface area contributed by atoms with E-state index in [1.165, 1.54) is 22.2 Å². The largest absolute Gasteiger partial charge is 0.419 e. The van der Waals surface area contributed by atoms with E-state index in [4.69, 9.17) is 0 Å². The molecule has 0 amide bonds.